The van der Waals surface area contributed by atoms with E-state index in [4.69, 9.17) is 16.7 Å². The van der Waals surface area contributed by atoms with E-state index >= 15 is 0 Å². The molecule has 0 spiro atoms. The van der Waals surface area contributed by atoms with Gasteiger partial charge in [0.1, 0.15) is 0 Å². The Morgan fingerprint density at radius 2 is 2.07 bits per heavy atom. The fourth-order valence-corrected chi connectivity index (χ4v) is 2.02. The molecule has 1 aromatic heterocycles. The Morgan fingerprint density at radius 1 is 1.33 bits per heavy atom. The van der Waals surface area contributed by atoms with Crippen molar-refractivity contribution < 1.29 is 5.11 Å². The number of aliphatic hydroxyl groups is 1. The second-order valence-corrected chi connectivity index (χ2v) is 3.94. The van der Waals surface area contributed by atoms with Gasteiger partial charge in [-0.25, -0.2) is 0 Å². The van der Waals surface area contributed by atoms with Crippen LogP contribution in [0.1, 0.15) is 38.1 Å². The molecular formula is C11H19ClN2O. The van der Waals surface area contributed by atoms with E-state index < -0.39 is 0 Å². The first-order valence-electron chi connectivity index (χ1n) is 5.59. The van der Waals surface area contributed by atoms with Crippen LogP contribution in [-0.2, 0) is 19.4 Å². The van der Waals surface area contributed by atoms with E-state index in [-0.39, 0.29) is 6.61 Å². The molecule has 1 heterocycles. The summed E-state index contributed by atoms with van der Waals surface area (Å²) in [6.45, 7) is 5.23. The predicted octanol–water partition coefficient (Wildman–Crippen LogP) is 2.43. The highest BCUT2D eigenvalue weighted by Gasteiger charge is 2.13. The monoisotopic (exact) mass is 230 g/mol. The summed E-state index contributed by atoms with van der Waals surface area (Å²) in [6, 6.07) is 0. The fourth-order valence-electron chi connectivity index (χ4n) is 1.66. The number of aliphatic hydroxyl groups excluding tert-OH is 1. The van der Waals surface area contributed by atoms with Crippen LogP contribution in [0.25, 0.3) is 0 Å². The number of rotatable bonds is 6. The van der Waals surface area contributed by atoms with Crippen molar-refractivity contribution in [2.45, 2.75) is 46.1 Å². The summed E-state index contributed by atoms with van der Waals surface area (Å²) < 4.78 is 1.97. The fraction of sp³-hybridized carbons (Fsp3) is 0.727. The zero-order valence-corrected chi connectivity index (χ0v) is 10.2. The molecule has 0 amide bonds. The first-order chi connectivity index (χ1) is 7.24. The molecule has 0 bridgehead atoms. The molecule has 0 aromatic carbocycles. The molecule has 0 atom stereocenters. The summed E-state index contributed by atoms with van der Waals surface area (Å²) in [5.41, 5.74) is 2.10. The number of unbranched alkanes of at least 4 members (excludes halogenated alkanes) is 1. The lowest BCUT2D eigenvalue weighted by Crippen LogP contribution is -2.03. The molecule has 0 radical (unpaired) electrons. The molecule has 0 aliphatic rings. The Labute approximate surface area is 96.1 Å². The molecule has 0 unspecified atom stereocenters. The molecule has 0 saturated carbocycles. The van der Waals surface area contributed by atoms with E-state index in [0.717, 1.165) is 48.6 Å². The molecule has 1 N–H and O–H groups in total. The first-order valence-corrected chi connectivity index (χ1v) is 5.97. The standard InChI is InChI=1S/C11H19ClN2O/c1-3-9-11(12)10(7-5-6-8-15)14(4-2)13-9/h15H,3-8H2,1-2H3. The Bertz CT molecular complexity index is 310. The van der Waals surface area contributed by atoms with Crippen LogP contribution < -0.4 is 0 Å². The lowest BCUT2D eigenvalue weighted by molar-refractivity contribution is 0.284. The SMILES string of the molecule is CCc1nn(CC)c(CCCCO)c1Cl. The summed E-state index contributed by atoms with van der Waals surface area (Å²) in [5.74, 6) is 0. The molecule has 1 rings (SSSR count). The van der Waals surface area contributed by atoms with Gasteiger partial charge in [-0.2, -0.15) is 5.10 Å². The third kappa shape index (κ3) is 2.95. The molecule has 0 aliphatic carbocycles. The molecule has 3 nitrogen and oxygen atoms in total. The van der Waals surface area contributed by atoms with E-state index in [1.165, 1.54) is 0 Å². The number of hydrogen-bond acceptors (Lipinski definition) is 2. The number of halogens is 1. The van der Waals surface area contributed by atoms with Gasteiger partial charge >= 0.3 is 0 Å². The van der Waals surface area contributed by atoms with Gasteiger partial charge in [-0.3, -0.25) is 4.68 Å². The van der Waals surface area contributed by atoms with Gasteiger partial charge in [0.05, 0.1) is 16.4 Å². The summed E-state index contributed by atoms with van der Waals surface area (Å²) in [5, 5.41) is 14.0. The van der Waals surface area contributed by atoms with Crippen molar-refractivity contribution in [1.82, 2.24) is 9.78 Å². The molecular weight excluding hydrogens is 212 g/mol. The van der Waals surface area contributed by atoms with Crippen LogP contribution >= 0.6 is 11.6 Å². The molecule has 0 saturated heterocycles. The summed E-state index contributed by atoms with van der Waals surface area (Å²) in [6.07, 6.45) is 3.57. The van der Waals surface area contributed by atoms with Crippen LogP contribution in [0.3, 0.4) is 0 Å². The topological polar surface area (TPSA) is 38.0 Å². The number of nitrogens with zero attached hydrogens (tertiary/aromatic N) is 2. The van der Waals surface area contributed by atoms with Crippen molar-refractivity contribution in [1.29, 1.82) is 0 Å². The lowest BCUT2D eigenvalue weighted by Gasteiger charge is -2.04. The Balaban J connectivity index is 2.78. The van der Waals surface area contributed by atoms with Crippen molar-refractivity contribution in [3.05, 3.63) is 16.4 Å². The second kappa shape index (κ2) is 6.13. The first kappa shape index (κ1) is 12.5. The number of aryl methyl sites for hydroxylation is 2. The summed E-state index contributed by atoms with van der Waals surface area (Å²) >= 11 is 6.24. The van der Waals surface area contributed by atoms with Gasteiger partial charge in [-0.1, -0.05) is 18.5 Å². The zero-order chi connectivity index (χ0) is 11.3. The third-order valence-electron chi connectivity index (χ3n) is 2.52. The van der Waals surface area contributed by atoms with Gasteiger partial charge in [0.15, 0.2) is 0 Å². The average molecular weight is 231 g/mol. The van der Waals surface area contributed by atoms with Gasteiger partial charge in [0.2, 0.25) is 0 Å². The van der Waals surface area contributed by atoms with Crippen molar-refractivity contribution in [3.8, 4) is 0 Å². The van der Waals surface area contributed by atoms with Crippen LogP contribution in [0.15, 0.2) is 0 Å². The van der Waals surface area contributed by atoms with Crippen molar-refractivity contribution >= 4 is 11.6 Å². The quantitative estimate of drug-likeness (QED) is 0.763. The summed E-state index contributed by atoms with van der Waals surface area (Å²) in [7, 11) is 0. The van der Waals surface area contributed by atoms with Crippen LogP contribution in [-0.4, -0.2) is 21.5 Å². The number of hydrogen-bond donors (Lipinski definition) is 1. The Hall–Kier alpha value is -0.540. The highest BCUT2D eigenvalue weighted by atomic mass is 35.5. The maximum absolute atomic E-state index is 8.74. The predicted molar refractivity (Wildman–Crippen MR) is 62.3 cm³/mol. The minimum absolute atomic E-state index is 0.249. The van der Waals surface area contributed by atoms with Crippen LogP contribution in [0.4, 0.5) is 0 Å². The van der Waals surface area contributed by atoms with E-state index in [1.807, 2.05) is 4.68 Å². The smallest absolute Gasteiger partial charge is 0.0849 e. The maximum atomic E-state index is 8.74. The molecule has 86 valence electrons. The average Bonchev–Trinajstić information content (AvgIpc) is 2.56. The molecule has 15 heavy (non-hydrogen) atoms. The van der Waals surface area contributed by atoms with Gasteiger partial charge in [0, 0.05) is 13.2 Å². The molecule has 4 heteroatoms. The third-order valence-corrected chi connectivity index (χ3v) is 2.95. The van der Waals surface area contributed by atoms with Crippen molar-refractivity contribution in [2.24, 2.45) is 0 Å². The highest BCUT2D eigenvalue weighted by Crippen LogP contribution is 2.23. The minimum atomic E-state index is 0.249. The second-order valence-electron chi connectivity index (χ2n) is 3.56. The maximum Gasteiger partial charge on any atom is 0.0849 e. The van der Waals surface area contributed by atoms with E-state index in [0.29, 0.717) is 0 Å². The van der Waals surface area contributed by atoms with Gasteiger partial charge in [-0.15, -0.1) is 0 Å². The van der Waals surface area contributed by atoms with Crippen LogP contribution in [0.2, 0.25) is 5.02 Å². The van der Waals surface area contributed by atoms with E-state index in [2.05, 4.69) is 18.9 Å². The highest BCUT2D eigenvalue weighted by molar-refractivity contribution is 6.31. The van der Waals surface area contributed by atoms with Crippen molar-refractivity contribution in [2.75, 3.05) is 6.61 Å². The van der Waals surface area contributed by atoms with E-state index in [9.17, 15) is 0 Å². The molecule has 0 aliphatic heterocycles. The lowest BCUT2D eigenvalue weighted by atomic mass is 10.2. The van der Waals surface area contributed by atoms with Crippen LogP contribution in [0.5, 0.6) is 0 Å². The van der Waals surface area contributed by atoms with Gasteiger partial charge in [0.25, 0.3) is 0 Å². The largest absolute Gasteiger partial charge is 0.396 e. The minimum Gasteiger partial charge on any atom is -0.396 e. The number of aromatic nitrogens is 2. The Kier molecular flexibility index (Phi) is 5.12. The van der Waals surface area contributed by atoms with Gasteiger partial charge in [-0.05, 0) is 32.6 Å². The van der Waals surface area contributed by atoms with Gasteiger partial charge < -0.3 is 5.11 Å². The van der Waals surface area contributed by atoms with Crippen molar-refractivity contribution in [3.63, 3.8) is 0 Å². The summed E-state index contributed by atoms with van der Waals surface area (Å²) in [4.78, 5) is 0. The zero-order valence-electron chi connectivity index (χ0n) is 9.46. The Morgan fingerprint density at radius 3 is 2.60 bits per heavy atom. The molecule has 1 aromatic rings. The normalized spacial score (nSPS) is 10.9. The molecule has 0 fully saturated rings. The van der Waals surface area contributed by atoms with Crippen LogP contribution in [0, 0.1) is 0 Å². The van der Waals surface area contributed by atoms with E-state index in [1.54, 1.807) is 0 Å².